The molecule has 3 heterocycles. The number of nitrogens with zero attached hydrogens (tertiary/aromatic N) is 3. The van der Waals surface area contributed by atoms with Crippen LogP contribution < -0.4 is 0 Å². The Morgan fingerprint density at radius 1 is 1.15 bits per heavy atom. The summed E-state index contributed by atoms with van der Waals surface area (Å²) in [5.41, 5.74) is 2.48. The minimum Gasteiger partial charge on any atom is -0.475 e. The maximum absolute atomic E-state index is 10.6. The molecule has 0 amide bonds. The van der Waals surface area contributed by atoms with Gasteiger partial charge in [-0.15, -0.1) is 0 Å². The number of ether oxygens (including phenoxy) is 1. The number of hydrogen-bond donors (Lipinski definition) is 2. The number of methoxy groups -OCH3 is 1. The van der Waals surface area contributed by atoms with Crippen molar-refractivity contribution in [2.75, 3.05) is 20.3 Å². The van der Waals surface area contributed by atoms with Gasteiger partial charge >= 0.3 is 24.3 Å². The lowest BCUT2D eigenvalue weighted by Crippen LogP contribution is -2.34. The molecule has 15 heteroatoms. The van der Waals surface area contributed by atoms with Gasteiger partial charge in [0.25, 0.3) is 0 Å². The van der Waals surface area contributed by atoms with E-state index in [9.17, 15) is 26.3 Å². The largest absolute Gasteiger partial charge is 0.490 e. The molecule has 0 radical (unpaired) electrons. The Balaban J connectivity index is 0.000000343. The quantitative estimate of drug-likeness (QED) is 0.611. The summed E-state index contributed by atoms with van der Waals surface area (Å²) in [5.74, 6) is -3.19. The molecule has 1 aliphatic rings. The predicted molar refractivity (Wildman–Crippen MR) is 103 cm³/mol. The molecule has 2 aromatic rings. The summed E-state index contributed by atoms with van der Waals surface area (Å²) >= 11 is 0. The van der Waals surface area contributed by atoms with Crippen LogP contribution in [-0.2, 0) is 34.5 Å². The first kappa shape index (κ1) is 29.0. The number of fused-ring (bicyclic) bond motifs is 1. The normalized spacial score (nSPS) is 16.0. The molecule has 1 atom stereocenters. The van der Waals surface area contributed by atoms with Crippen LogP contribution in [-0.4, -0.2) is 69.4 Å². The van der Waals surface area contributed by atoms with Crippen molar-refractivity contribution in [2.24, 2.45) is 7.05 Å². The predicted octanol–water partition coefficient (Wildman–Crippen LogP) is 3.33. The van der Waals surface area contributed by atoms with Crippen molar-refractivity contribution in [3.63, 3.8) is 0 Å². The van der Waals surface area contributed by atoms with E-state index in [0.717, 1.165) is 31.2 Å². The SMILES string of the molecule is COCC1CN(Cc2ccc(C)o2)Cc2cn(C)nc21.O=C(O)C(F)(F)F.O=C(O)C(F)(F)F. The number of halogens is 6. The van der Waals surface area contributed by atoms with Crippen LogP contribution in [0.2, 0.25) is 0 Å². The lowest BCUT2D eigenvalue weighted by molar-refractivity contribution is -0.193. The standard InChI is InChI=1S/C15H21N3O2.2C2HF3O2/c1-11-4-5-14(20-11)9-18-7-12-6-17(2)16-15(12)13(8-18)10-19-3;2*3-2(4,5)1(6)7/h4-6,13H,7-10H2,1-3H3;2*(H,6,7). The highest BCUT2D eigenvalue weighted by Gasteiger charge is 2.38. The number of alkyl halides is 6. The highest BCUT2D eigenvalue weighted by molar-refractivity contribution is 5.73. The Hall–Kier alpha value is -3.07. The molecule has 0 saturated heterocycles. The summed E-state index contributed by atoms with van der Waals surface area (Å²) in [6.45, 7) is 5.40. The number of aromatic nitrogens is 2. The number of aliphatic carboxylic acids is 2. The van der Waals surface area contributed by atoms with E-state index in [-0.39, 0.29) is 0 Å². The van der Waals surface area contributed by atoms with Gasteiger partial charge in [0, 0.05) is 44.9 Å². The maximum atomic E-state index is 10.6. The first-order valence-electron chi connectivity index (χ1n) is 9.43. The molecule has 34 heavy (non-hydrogen) atoms. The third-order valence-corrected chi connectivity index (χ3v) is 4.22. The van der Waals surface area contributed by atoms with Gasteiger partial charge in [0.1, 0.15) is 11.5 Å². The van der Waals surface area contributed by atoms with Crippen LogP contribution in [0.5, 0.6) is 0 Å². The second-order valence-electron chi connectivity index (χ2n) is 7.15. The Kier molecular flexibility index (Phi) is 10.1. The molecule has 9 nitrogen and oxygen atoms in total. The Bertz CT molecular complexity index is 929. The van der Waals surface area contributed by atoms with Gasteiger partial charge in [-0.25, -0.2) is 9.59 Å². The number of aryl methyl sites for hydroxylation is 2. The summed E-state index contributed by atoms with van der Waals surface area (Å²) in [4.78, 5) is 20.2. The van der Waals surface area contributed by atoms with Crippen molar-refractivity contribution in [3.05, 3.63) is 41.1 Å². The van der Waals surface area contributed by atoms with Crippen LogP contribution in [0.4, 0.5) is 26.3 Å². The topological polar surface area (TPSA) is 118 Å². The highest BCUT2D eigenvalue weighted by atomic mass is 19.4. The van der Waals surface area contributed by atoms with E-state index in [1.54, 1.807) is 7.11 Å². The lowest BCUT2D eigenvalue weighted by atomic mass is 9.97. The maximum Gasteiger partial charge on any atom is 0.490 e. The minimum atomic E-state index is -5.08. The zero-order valence-corrected chi connectivity index (χ0v) is 18.3. The monoisotopic (exact) mass is 503 g/mol. The number of furan rings is 1. The van der Waals surface area contributed by atoms with Gasteiger partial charge in [0.15, 0.2) is 0 Å². The van der Waals surface area contributed by atoms with E-state index in [0.29, 0.717) is 12.5 Å². The average molecular weight is 503 g/mol. The number of rotatable bonds is 4. The Morgan fingerprint density at radius 3 is 2.09 bits per heavy atom. The van der Waals surface area contributed by atoms with Crippen molar-refractivity contribution in [1.29, 1.82) is 0 Å². The molecule has 0 aromatic carbocycles. The highest BCUT2D eigenvalue weighted by Crippen LogP contribution is 2.28. The zero-order chi connectivity index (χ0) is 26.3. The van der Waals surface area contributed by atoms with Gasteiger partial charge in [0.05, 0.1) is 18.8 Å². The third-order valence-electron chi connectivity index (χ3n) is 4.22. The summed E-state index contributed by atoms with van der Waals surface area (Å²) < 4.78 is 76.4. The van der Waals surface area contributed by atoms with E-state index in [1.807, 2.05) is 24.7 Å². The summed E-state index contributed by atoms with van der Waals surface area (Å²) in [6, 6.07) is 4.07. The first-order chi connectivity index (χ1) is 15.5. The minimum absolute atomic E-state index is 0.334. The Morgan fingerprint density at radius 2 is 1.68 bits per heavy atom. The summed E-state index contributed by atoms with van der Waals surface area (Å²) in [7, 11) is 3.72. The van der Waals surface area contributed by atoms with Gasteiger partial charge in [-0.3, -0.25) is 9.58 Å². The van der Waals surface area contributed by atoms with E-state index < -0.39 is 24.3 Å². The Labute approximate surface area is 189 Å². The van der Waals surface area contributed by atoms with E-state index >= 15 is 0 Å². The molecule has 0 fully saturated rings. The van der Waals surface area contributed by atoms with E-state index in [4.69, 9.17) is 29.0 Å². The van der Waals surface area contributed by atoms with Crippen molar-refractivity contribution >= 4 is 11.9 Å². The molecule has 0 bridgehead atoms. The molecule has 0 aliphatic carbocycles. The van der Waals surface area contributed by atoms with Crippen LogP contribution in [0, 0.1) is 6.92 Å². The molecule has 2 N–H and O–H groups in total. The van der Waals surface area contributed by atoms with Gasteiger partial charge < -0.3 is 19.4 Å². The molecular weight excluding hydrogens is 480 g/mol. The van der Waals surface area contributed by atoms with Gasteiger partial charge in [0.2, 0.25) is 0 Å². The van der Waals surface area contributed by atoms with Gasteiger partial charge in [-0.1, -0.05) is 0 Å². The molecule has 1 aliphatic heterocycles. The second kappa shape index (κ2) is 11.9. The average Bonchev–Trinajstić information content (AvgIpc) is 3.26. The molecule has 2 aromatic heterocycles. The summed E-state index contributed by atoms with van der Waals surface area (Å²) in [6.07, 6.45) is -8.06. The number of carboxylic acid groups (broad SMARTS) is 2. The number of carbonyl (C=O) groups is 2. The lowest BCUT2D eigenvalue weighted by Gasteiger charge is -2.30. The van der Waals surface area contributed by atoms with Crippen LogP contribution in [0.15, 0.2) is 22.7 Å². The fraction of sp³-hybridized carbons (Fsp3) is 0.526. The van der Waals surface area contributed by atoms with Crippen LogP contribution >= 0.6 is 0 Å². The van der Waals surface area contributed by atoms with Crippen molar-refractivity contribution in [3.8, 4) is 0 Å². The molecule has 192 valence electrons. The van der Waals surface area contributed by atoms with Crippen LogP contribution in [0.25, 0.3) is 0 Å². The number of hydrogen-bond acceptors (Lipinski definition) is 6. The van der Waals surface area contributed by atoms with E-state index in [2.05, 4.69) is 22.3 Å². The number of carboxylic acids is 2. The zero-order valence-electron chi connectivity index (χ0n) is 18.3. The fourth-order valence-electron chi connectivity index (χ4n) is 2.97. The van der Waals surface area contributed by atoms with Crippen molar-refractivity contribution in [1.82, 2.24) is 14.7 Å². The fourth-order valence-corrected chi connectivity index (χ4v) is 2.97. The molecule has 3 rings (SSSR count). The van der Waals surface area contributed by atoms with Crippen molar-refractivity contribution < 1.29 is 55.3 Å². The molecular formula is C19H23F6N3O6. The second-order valence-corrected chi connectivity index (χ2v) is 7.15. The van der Waals surface area contributed by atoms with E-state index in [1.165, 1.54) is 11.3 Å². The molecule has 1 unspecified atom stereocenters. The molecule has 0 saturated carbocycles. The van der Waals surface area contributed by atoms with Crippen LogP contribution in [0.3, 0.4) is 0 Å². The van der Waals surface area contributed by atoms with Gasteiger partial charge in [-0.05, 0) is 19.1 Å². The van der Waals surface area contributed by atoms with Crippen molar-refractivity contribution in [2.45, 2.75) is 38.3 Å². The van der Waals surface area contributed by atoms with Crippen LogP contribution in [0.1, 0.15) is 28.7 Å². The first-order valence-corrected chi connectivity index (χ1v) is 9.43. The summed E-state index contributed by atoms with van der Waals surface area (Å²) in [5, 5.41) is 18.8. The molecule has 0 spiro atoms. The van der Waals surface area contributed by atoms with Gasteiger partial charge in [-0.2, -0.15) is 31.4 Å². The third kappa shape index (κ3) is 9.43. The smallest absolute Gasteiger partial charge is 0.475 e.